The van der Waals surface area contributed by atoms with Crippen molar-refractivity contribution < 1.29 is 9.18 Å². The smallest absolute Gasteiger partial charge is 0.323 e. The average Bonchev–Trinajstić information content (AvgIpc) is 2.76. The molecule has 1 fully saturated rings. The summed E-state index contributed by atoms with van der Waals surface area (Å²) in [5.74, 6) is -0.146. The van der Waals surface area contributed by atoms with Crippen molar-refractivity contribution in [2.24, 2.45) is 0 Å². The molecule has 0 aliphatic carbocycles. The number of nitrogens with zero attached hydrogens (tertiary/aromatic N) is 2. The third kappa shape index (κ3) is 5.75. The number of benzene rings is 3. The van der Waals surface area contributed by atoms with E-state index < -0.39 is 0 Å². The van der Waals surface area contributed by atoms with E-state index in [-0.39, 0.29) is 11.8 Å². The van der Waals surface area contributed by atoms with E-state index >= 15 is 0 Å². The number of carbonyl (C=O) groups is 1. The van der Waals surface area contributed by atoms with E-state index in [1.165, 1.54) is 6.07 Å². The Kier molecular flexibility index (Phi) is 6.70. The number of carbonyl (C=O) groups excluding carboxylic acids is 1. The maximum atomic E-state index is 13.9. The van der Waals surface area contributed by atoms with Gasteiger partial charge in [-0.05, 0) is 48.5 Å². The zero-order valence-electron chi connectivity index (χ0n) is 17.0. The highest BCUT2D eigenvalue weighted by molar-refractivity contribution is 6.30. The Bertz CT molecular complexity index is 1040. The Balaban J connectivity index is 1.28. The summed E-state index contributed by atoms with van der Waals surface area (Å²) in [6.07, 6.45) is 0. The van der Waals surface area contributed by atoms with Gasteiger partial charge in [-0.3, -0.25) is 4.90 Å². The Morgan fingerprint density at radius 1 is 0.871 bits per heavy atom. The van der Waals surface area contributed by atoms with Crippen LogP contribution in [0.1, 0.15) is 5.56 Å². The quantitative estimate of drug-likeness (QED) is 0.557. The second-order valence-electron chi connectivity index (χ2n) is 7.49. The molecule has 1 aliphatic heterocycles. The highest BCUT2D eigenvalue weighted by atomic mass is 35.5. The molecule has 31 heavy (non-hydrogen) atoms. The summed E-state index contributed by atoms with van der Waals surface area (Å²) in [4.78, 5) is 16.8. The van der Waals surface area contributed by atoms with Gasteiger partial charge in [0, 0.05) is 60.4 Å². The SMILES string of the molecule is O=C(Nc1ccc(N2CCN(Cc3ccccc3F)CC2)cc1)Nc1cccc(Cl)c1. The number of piperazine rings is 1. The first-order chi connectivity index (χ1) is 15.1. The summed E-state index contributed by atoms with van der Waals surface area (Å²) in [6.45, 7) is 4.12. The lowest BCUT2D eigenvalue weighted by atomic mass is 10.1. The van der Waals surface area contributed by atoms with Crippen molar-refractivity contribution >= 4 is 34.7 Å². The first-order valence-corrected chi connectivity index (χ1v) is 10.6. The predicted molar refractivity (Wildman–Crippen MR) is 124 cm³/mol. The standard InChI is InChI=1S/C24H24ClFN4O/c25-19-5-3-6-21(16-19)28-24(31)27-20-8-10-22(11-9-20)30-14-12-29(13-15-30)17-18-4-1-2-7-23(18)26/h1-11,16H,12-15,17H2,(H2,27,28,31). The lowest BCUT2D eigenvalue weighted by Crippen LogP contribution is -2.46. The van der Waals surface area contributed by atoms with Crippen LogP contribution in [0.5, 0.6) is 0 Å². The van der Waals surface area contributed by atoms with Gasteiger partial charge in [-0.1, -0.05) is 35.9 Å². The Hall–Kier alpha value is -3.09. The van der Waals surface area contributed by atoms with E-state index in [0.29, 0.717) is 22.9 Å². The van der Waals surface area contributed by atoms with E-state index in [4.69, 9.17) is 11.6 Å². The van der Waals surface area contributed by atoms with Gasteiger partial charge in [0.1, 0.15) is 5.82 Å². The fourth-order valence-corrected chi connectivity index (χ4v) is 3.84. The first-order valence-electron chi connectivity index (χ1n) is 10.2. The van der Waals surface area contributed by atoms with Gasteiger partial charge in [0.15, 0.2) is 0 Å². The maximum absolute atomic E-state index is 13.9. The number of urea groups is 1. The second-order valence-corrected chi connectivity index (χ2v) is 7.93. The molecule has 1 aliphatic rings. The van der Waals surface area contributed by atoms with Crippen molar-refractivity contribution in [3.63, 3.8) is 0 Å². The molecule has 0 saturated carbocycles. The van der Waals surface area contributed by atoms with Gasteiger partial charge in [-0.25, -0.2) is 9.18 Å². The van der Waals surface area contributed by atoms with Crippen molar-refractivity contribution in [1.82, 2.24) is 4.90 Å². The van der Waals surface area contributed by atoms with Crippen LogP contribution in [0, 0.1) is 5.82 Å². The van der Waals surface area contributed by atoms with E-state index in [2.05, 4.69) is 20.4 Å². The van der Waals surface area contributed by atoms with Crippen LogP contribution in [-0.2, 0) is 6.54 Å². The number of hydrogen-bond acceptors (Lipinski definition) is 3. The molecule has 2 amide bonds. The van der Waals surface area contributed by atoms with Crippen molar-refractivity contribution in [3.8, 4) is 0 Å². The molecule has 1 heterocycles. The normalized spacial score (nSPS) is 14.3. The molecule has 0 atom stereocenters. The molecule has 0 radical (unpaired) electrons. The summed E-state index contributed by atoms with van der Waals surface area (Å²) in [7, 11) is 0. The van der Waals surface area contributed by atoms with E-state index in [9.17, 15) is 9.18 Å². The number of amides is 2. The molecule has 1 saturated heterocycles. The molecule has 7 heteroatoms. The van der Waals surface area contributed by atoms with E-state index in [1.54, 1.807) is 30.3 Å². The zero-order valence-corrected chi connectivity index (χ0v) is 17.8. The highest BCUT2D eigenvalue weighted by Crippen LogP contribution is 2.21. The number of anilines is 3. The zero-order chi connectivity index (χ0) is 21.6. The molecule has 160 valence electrons. The minimum absolute atomic E-state index is 0.146. The minimum atomic E-state index is -0.322. The number of nitrogens with one attached hydrogen (secondary N) is 2. The Labute approximate surface area is 186 Å². The van der Waals surface area contributed by atoms with E-state index in [0.717, 1.165) is 37.4 Å². The summed E-state index contributed by atoms with van der Waals surface area (Å²) in [6, 6.07) is 21.4. The predicted octanol–water partition coefficient (Wildman–Crippen LogP) is 5.45. The fourth-order valence-electron chi connectivity index (χ4n) is 3.65. The fraction of sp³-hybridized carbons (Fsp3) is 0.208. The van der Waals surface area contributed by atoms with Crippen LogP contribution in [0.2, 0.25) is 5.02 Å². The molecule has 3 aromatic rings. The third-order valence-electron chi connectivity index (χ3n) is 5.30. The summed E-state index contributed by atoms with van der Waals surface area (Å²) in [5.41, 5.74) is 3.19. The molecule has 2 N–H and O–H groups in total. The summed E-state index contributed by atoms with van der Waals surface area (Å²) in [5, 5.41) is 6.15. The van der Waals surface area contributed by atoms with Crippen molar-refractivity contribution in [1.29, 1.82) is 0 Å². The van der Waals surface area contributed by atoms with Crippen LogP contribution in [0.3, 0.4) is 0 Å². The van der Waals surface area contributed by atoms with Gasteiger partial charge in [0.2, 0.25) is 0 Å². The van der Waals surface area contributed by atoms with Crippen LogP contribution in [-0.4, -0.2) is 37.1 Å². The molecule has 0 spiro atoms. The molecule has 0 bridgehead atoms. The van der Waals surface area contributed by atoms with Crippen LogP contribution < -0.4 is 15.5 Å². The lowest BCUT2D eigenvalue weighted by molar-refractivity contribution is 0.246. The van der Waals surface area contributed by atoms with Gasteiger partial charge in [-0.15, -0.1) is 0 Å². The molecule has 3 aromatic carbocycles. The first kappa shape index (κ1) is 21.2. The molecular formula is C24H24ClFN4O. The van der Waals surface area contributed by atoms with Gasteiger partial charge in [0.25, 0.3) is 0 Å². The summed E-state index contributed by atoms with van der Waals surface area (Å²) >= 11 is 5.94. The molecule has 4 rings (SSSR count). The van der Waals surface area contributed by atoms with Gasteiger partial charge >= 0.3 is 6.03 Å². The molecule has 5 nitrogen and oxygen atoms in total. The van der Waals surface area contributed by atoms with Crippen LogP contribution >= 0.6 is 11.6 Å². The maximum Gasteiger partial charge on any atom is 0.323 e. The van der Waals surface area contributed by atoms with E-state index in [1.807, 2.05) is 36.4 Å². The lowest BCUT2D eigenvalue weighted by Gasteiger charge is -2.36. The summed E-state index contributed by atoms with van der Waals surface area (Å²) < 4.78 is 13.9. The van der Waals surface area contributed by atoms with Crippen molar-refractivity contribution in [2.45, 2.75) is 6.54 Å². The number of rotatable bonds is 5. The third-order valence-corrected chi connectivity index (χ3v) is 5.53. The molecule has 0 unspecified atom stereocenters. The van der Waals surface area contributed by atoms with Crippen molar-refractivity contribution in [2.75, 3.05) is 41.7 Å². The largest absolute Gasteiger partial charge is 0.369 e. The minimum Gasteiger partial charge on any atom is -0.369 e. The molecular weight excluding hydrogens is 415 g/mol. The monoisotopic (exact) mass is 438 g/mol. The van der Waals surface area contributed by atoms with Crippen LogP contribution in [0.25, 0.3) is 0 Å². The Morgan fingerprint density at radius 3 is 2.29 bits per heavy atom. The van der Waals surface area contributed by atoms with Crippen LogP contribution in [0.4, 0.5) is 26.2 Å². The second kappa shape index (κ2) is 9.81. The number of halogens is 2. The number of hydrogen-bond donors (Lipinski definition) is 2. The van der Waals surface area contributed by atoms with Crippen LogP contribution in [0.15, 0.2) is 72.8 Å². The van der Waals surface area contributed by atoms with Gasteiger partial charge in [0.05, 0.1) is 0 Å². The molecule has 0 aromatic heterocycles. The highest BCUT2D eigenvalue weighted by Gasteiger charge is 2.18. The topological polar surface area (TPSA) is 47.6 Å². The van der Waals surface area contributed by atoms with Gasteiger partial charge < -0.3 is 15.5 Å². The van der Waals surface area contributed by atoms with Gasteiger partial charge in [-0.2, -0.15) is 0 Å². The van der Waals surface area contributed by atoms with Crippen molar-refractivity contribution in [3.05, 3.63) is 89.2 Å². The average molecular weight is 439 g/mol. The Morgan fingerprint density at radius 2 is 1.58 bits per heavy atom.